The second-order valence-electron chi connectivity index (χ2n) is 13.2. The van der Waals surface area contributed by atoms with Crippen molar-refractivity contribution in [2.45, 2.75) is 70.5 Å². The smallest absolute Gasteiger partial charge is 0.416 e. The van der Waals surface area contributed by atoms with Crippen LogP contribution in [0.3, 0.4) is 0 Å². The maximum Gasteiger partial charge on any atom is 0.416 e. The number of nitrogens with zero attached hydrogens (tertiary/aromatic N) is 2. The molecule has 2 aliphatic heterocycles. The minimum atomic E-state index is -4.51. The molecule has 0 spiro atoms. The van der Waals surface area contributed by atoms with Crippen LogP contribution in [0.25, 0.3) is 0 Å². The Balaban J connectivity index is 1.37. The third-order valence-corrected chi connectivity index (χ3v) is 8.70. The Morgan fingerprint density at radius 3 is 2.17 bits per heavy atom. The lowest BCUT2D eigenvalue weighted by Crippen LogP contribution is -2.48. The van der Waals surface area contributed by atoms with Gasteiger partial charge >= 0.3 is 12.1 Å². The number of carboxylic acid groups (broad SMARTS) is 1. The highest BCUT2D eigenvalue weighted by molar-refractivity contribution is 5.74. The molecule has 3 atom stereocenters. The van der Waals surface area contributed by atoms with Gasteiger partial charge in [0.2, 0.25) is 0 Å². The van der Waals surface area contributed by atoms with E-state index in [4.69, 9.17) is 0 Å². The van der Waals surface area contributed by atoms with E-state index in [0.29, 0.717) is 45.6 Å². The van der Waals surface area contributed by atoms with E-state index in [2.05, 4.69) is 4.90 Å². The van der Waals surface area contributed by atoms with E-state index in [0.717, 1.165) is 29.8 Å². The Morgan fingerprint density at radius 1 is 0.976 bits per heavy atom. The van der Waals surface area contributed by atoms with E-state index >= 15 is 0 Å². The number of hydrogen-bond donors (Lipinski definition) is 1. The van der Waals surface area contributed by atoms with Crippen LogP contribution >= 0.6 is 0 Å². The largest absolute Gasteiger partial charge is 0.480 e. The summed E-state index contributed by atoms with van der Waals surface area (Å²) in [5, 5.41) is 10.0. The topological polar surface area (TPSA) is 43.8 Å². The molecule has 2 heterocycles. The number of alkyl halides is 5. The molecule has 0 bridgehead atoms. The number of rotatable bonds is 9. The molecule has 2 aromatic rings. The Bertz CT molecular complexity index is 1200. The van der Waals surface area contributed by atoms with Gasteiger partial charge in [-0.3, -0.25) is 9.69 Å². The molecule has 0 amide bonds. The summed E-state index contributed by atoms with van der Waals surface area (Å²) < 4.78 is 82.3. The van der Waals surface area contributed by atoms with Crippen LogP contribution in [0.2, 0.25) is 0 Å². The average Bonchev–Trinajstić information content (AvgIpc) is 3.26. The molecule has 4 nitrogen and oxygen atoms in total. The summed E-state index contributed by atoms with van der Waals surface area (Å²) in [6.07, 6.45) is -4.28. The number of halogens is 6. The van der Waals surface area contributed by atoms with Crippen LogP contribution in [0.15, 0.2) is 48.5 Å². The Labute approximate surface area is 243 Å². The zero-order valence-corrected chi connectivity index (χ0v) is 24.3. The minimum absolute atomic E-state index is 0.0497. The van der Waals surface area contributed by atoms with Crippen molar-refractivity contribution in [3.63, 3.8) is 0 Å². The standard InChI is InChI=1S/C32H40F6N2O2/c1-30(2,3)28(29(41)42)40-19-24(27(20-40)23-5-4-6-26(33)15-23)18-39-13-11-22(12-14-39)17-31(34,35)16-21-7-9-25(10-8-21)32(36,37)38/h4-10,15,22,24,27-28H,11-14,16-20H2,1-3H3,(H,41,42)/t24-,27+,28-/m0/s1. The van der Waals surface area contributed by atoms with Crippen LogP contribution in [0, 0.1) is 23.1 Å². The first-order chi connectivity index (χ1) is 19.5. The molecule has 42 heavy (non-hydrogen) atoms. The van der Waals surface area contributed by atoms with Crippen LogP contribution in [0.5, 0.6) is 0 Å². The zero-order chi connectivity index (χ0) is 30.9. The van der Waals surface area contributed by atoms with Crippen molar-refractivity contribution in [1.82, 2.24) is 9.80 Å². The molecule has 232 valence electrons. The molecular weight excluding hydrogens is 558 g/mol. The third kappa shape index (κ3) is 8.28. The van der Waals surface area contributed by atoms with Gasteiger partial charge in [0.25, 0.3) is 5.92 Å². The summed E-state index contributed by atoms with van der Waals surface area (Å²) in [5.74, 6) is -4.47. The van der Waals surface area contributed by atoms with E-state index in [1.54, 1.807) is 6.07 Å². The van der Waals surface area contributed by atoms with Crippen molar-refractivity contribution in [2.24, 2.45) is 17.3 Å². The SMILES string of the molecule is CC(C)(C)[C@H](C(=O)O)N1C[C@H](CN2CCC(CC(F)(F)Cc3ccc(C(F)(F)F)cc3)CC2)[C@@H](c2cccc(F)c2)C1. The molecule has 0 aliphatic carbocycles. The lowest BCUT2D eigenvalue weighted by Gasteiger charge is -2.36. The maximum absolute atomic E-state index is 14.9. The van der Waals surface area contributed by atoms with Crippen molar-refractivity contribution in [3.05, 3.63) is 71.0 Å². The number of likely N-dealkylation sites (tertiary alicyclic amines) is 2. The Kier molecular flexibility index (Phi) is 9.67. The molecule has 10 heteroatoms. The second kappa shape index (κ2) is 12.6. The van der Waals surface area contributed by atoms with Crippen molar-refractivity contribution in [1.29, 1.82) is 0 Å². The monoisotopic (exact) mass is 598 g/mol. The van der Waals surface area contributed by atoms with Gasteiger partial charge in [0.1, 0.15) is 11.9 Å². The highest BCUT2D eigenvalue weighted by atomic mass is 19.4. The van der Waals surface area contributed by atoms with E-state index < -0.39 is 41.5 Å². The molecule has 4 rings (SSSR count). The van der Waals surface area contributed by atoms with Crippen LogP contribution in [-0.2, 0) is 17.4 Å². The maximum atomic E-state index is 14.9. The number of aliphatic carboxylic acids is 1. The fourth-order valence-electron chi connectivity index (χ4n) is 6.80. The molecule has 0 radical (unpaired) electrons. The summed E-state index contributed by atoms with van der Waals surface area (Å²) in [6, 6.07) is 9.66. The number of carbonyl (C=O) groups is 1. The van der Waals surface area contributed by atoms with Crippen molar-refractivity contribution in [2.75, 3.05) is 32.7 Å². The summed E-state index contributed by atoms with van der Waals surface area (Å²) in [5.41, 5.74) is -0.353. The van der Waals surface area contributed by atoms with Crippen LogP contribution < -0.4 is 0 Å². The van der Waals surface area contributed by atoms with Crippen molar-refractivity contribution < 1.29 is 36.2 Å². The lowest BCUT2D eigenvalue weighted by atomic mass is 9.85. The van der Waals surface area contributed by atoms with E-state index in [1.165, 1.54) is 12.1 Å². The summed E-state index contributed by atoms with van der Waals surface area (Å²) in [6.45, 7) is 8.62. The van der Waals surface area contributed by atoms with Gasteiger partial charge in [-0.25, -0.2) is 13.2 Å². The summed E-state index contributed by atoms with van der Waals surface area (Å²) in [7, 11) is 0. The van der Waals surface area contributed by atoms with E-state index in [1.807, 2.05) is 31.7 Å². The molecule has 0 saturated carbocycles. The first-order valence-corrected chi connectivity index (χ1v) is 14.5. The third-order valence-electron chi connectivity index (χ3n) is 8.70. The molecular formula is C32H40F6N2O2. The highest BCUT2D eigenvalue weighted by Gasteiger charge is 2.45. The fraction of sp³-hybridized carbons (Fsp3) is 0.594. The minimum Gasteiger partial charge on any atom is -0.480 e. The van der Waals surface area contributed by atoms with Crippen molar-refractivity contribution >= 4 is 5.97 Å². The van der Waals surface area contributed by atoms with Gasteiger partial charge in [0.05, 0.1) is 5.56 Å². The Hall–Kier alpha value is -2.59. The molecule has 2 aliphatic rings. The second-order valence-corrected chi connectivity index (χ2v) is 13.2. The number of benzene rings is 2. The molecule has 2 saturated heterocycles. The van der Waals surface area contributed by atoms with Gasteiger partial charge in [-0.1, -0.05) is 45.0 Å². The van der Waals surface area contributed by atoms with Crippen molar-refractivity contribution in [3.8, 4) is 0 Å². The molecule has 2 aromatic carbocycles. The van der Waals surface area contributed by atoms with Gasteiger partial charge in [0.15, 0.2) is 0 Å². The lowest BCUT2D eigenvalue weighted by molar-refractivity contribution is -0.147. The van der Waals surface area contributed by atoms with Crippen LogP contribution in [0.4, 0.5) is 26.3 Å². The first-order valence-electron chi connectivity index (χ1n) is 14.5. The number of piperidine rings is 1. The number of hydrogen-bond acceptors (Lipinski definition) is 3. The fourth-order valence-corrected chi connectivity index (χ4v) is 6.80. The zero-order valence-electron chi connectivity index (χ0n) is 24.3. The molecule has 0 aromatic heterocycles. The van der Waals surface area contributed by atoms with Gasteiger partial charge < -0.3 is 10.0 Å². The van der Waals surface area contributed by atoms with Gasteiger partial charge in [0, 0.05) is 38.4 Å². The van der Waals surface area contributed by atoms with Crippen LogP contribution in [0.1, 0.15) is 62.6 Å². The van der Waals surface area contributed by atoms with E-state index in [9.17, 15) is 36.2 Å². The van der Waals surface area contributed by atoms with Gasteiger partial charge in [-0.05, 0) is 78.6 Å². The molecule has 0 unspecified atom stereocenters. The summed E-state index contributed by atoms with van der Waals surface area (Å²) in [4.78, 5) is 16.4. The first kappa shape index (κ1) is 32.3. The normalized spacial score (nSPS) is 22.4. The Morgan fingerprint density at radius 2 is 1.62 bits per heavy atom. The quantitative estimate of drug-likeness (QED) is 0.307. The number of carboxylic acids is 1. The van der Waals surface area contributed by atoms with Gasteiger partial charge in [-0.15, -0.1) is 0 Å². The van der Waals surface area contributed by atoms with Gasteiger partial charge in [-0.2, -0.15) is 13.2 Å². The molecule has 2 fully saturated rings. The summed E-state index contributed by atoms with van der Waals surface area (Å²) >= 11 is 0. The predicted molar refractivity (Wildman–Crippen MR) is 149 cm³/mol. The highest BCUT2D eigenvalue weighted by Crippen LogP contribution is 2.39. The predicted octanol–water partition coefficient (Wildman–Crippen LogP) is 7.34. The van der Waals surface area contributed by atoms with Crippen LogP contribution in [-0.4, -0.2) is 65.6 Å². The average molecular weight is 599 g/mol. The van der Waals surface area contributed by atoms with E-state index in [-0.39, 0.29) is 35.6 Å². The molecule has 1 N–H and O–H groups in total.